The molecule has 0 unspecified atom stereocenters. The summed E-state index contributed by atoms with van der Waals surface area (Å²) >= 11 is 1.08. The fourth-order valence-electron chi connectivity index (χ4n) is 2.86. The molecule has 138 valence electrons. The molecule has 0 saturated carbocycles. The average Bonchev–Trinajstić information content (AvgIpc) is 3.10. The number of hydrogen-bond donors (Lipinski definition) is 1. The number of amides is 1. The summed E-state index contributed by atoms with van der Waals surface area (Å²) in [5.74, 6) is -1.94. The van der Waals surface area contributed by atoms with Crippen molar-refractivity contribution in [2.75, 3.05) is 13.1 Å². The fraction of sp³-hybridized carbons (Fsp3) is 0.353. The first-order valence-electron chi connectivity index (χ1n) is 7.91. The smallest absolute Gasteiger partial charge is 0.416 e. The SMILES string of the molecule is O=C(O)[C@H]1CCCN(C(=O)c2csc(-c3cccc(C(F)(F)F)c3)n2)C1. The summed E-state index contributed by atoms with van der Waals surface area (Å²) in [6, 6.07) is 4.77. The zero-order valence-electron chi connectivity index (χ0n) is 13.5. The number of nitrogens with zero attached hydrogens (tertiary/aromatic N) is 2. The minimum atomic E-state index is -4.45. The van der Waals surface area contributed by atoms with E-state index in [1.165, 1.54) is 22.4 Å². The molecule has 1 aliphatic rings. The van der Waals surface area contributed by atoms with Crippen molar-refractivity contribution in [2.24, 2.45) is 5.92 Å². The third kappa shape index (κ3) is 3.87. The molecule has 5 nitrogen and oxygen atoms in total. The number of carboxylic acid groups (broad SMARTS) is 1. The van der Waals surface area contributed by atoms with E-state index in [0.29, 0.717) is 24.4 Å². The number of piperidine rings is 1. The number of carbonyl (C=O) groups excluding carboxylic acids is 1. The number of aliphatic carboxylic acids is 1. The largest absolute Gasteiger partial charge is 0.481 e. The van der Waals surface area contributed by atoms with Gasteiger partial charge in [0.25, 0.3) is 5.91 Å². The number of benzene rings is 1. The number of hydrogen-bond acceptors (Lipinski definition) is 4. The monoisotopic (exact) mass is 384 g/mol. The molecule has 0 bridgehead atoms. The lowest BCUT2D eigenvalue weighted by Crippen LogP contribution is -2.42. The molecule has 1 atom stereocenters. The molecule has 2 heterocycles. The molecule has 1 aromatic heterocycles. The minimum Gasteiger partial charge on any atom is -0.481 e. The van der Waals surface area contributed by atoms with Gasteiger partial charge in [0, 0.05) is 24.0 Å². The third-order valence-electron chi connectivity index (χ3n) is 4.22. The van der Waals surface area contributed by atoms with Gasteiger partial charge >= 0.3 is 12.1 Å². The fourth-order valence-corrected chi connectivity index (χ4v) is 3.65. The third-order valence-corrected chi connectivity index (χ3v) is 5.11. The van der Waals surface area contributed by atoms with E-state index in [0.717, 1.165) is 23.5 Å². The first kappa shape index (κ1) is 18.4. The van der Waals surface area contributed by atoms with Crippen LogP contribution in [0.25, 0.3) is 10.6 Å². The van der Waals surface area contributed by atoms with E-state index in [1.54, 1.807) is 0 Å². The summed E-state index contributed by atoms with van der Waals surface area (Å²) in [6.07, 6.45) is -3.34. The summed E-state index contributed by atoms with van der Waals surface area (Å²) in [7, 11) is 0. The summed E-state index contributed by atoms with van der Waals surface area (Å²) < 4.78 is 38.5. The highest BCUT2D eigenvalue weighted by Crippen LogP contribution is 2.33. The molecule has 9 heteroatoms. The number of thiazole rings is 1. The van der Waals surface area contributed by atoms with Crippen molar-refractivity contribution >= 4 is 23.2 Å². The van der Waals surface area contributed by atoms with Gasteiger partial charge in [-0.1, -0.05) is 12.1 Å². The van der Waals surface area contributed by atoms with Gasteiger partial charge in [-0.25, -0.2) is 4.98 Å². The number of rotatable bonds is 3. The number of alkyl halides is 3. The molecule has 1 fully saturated rings. The topological polar surface area (TPSA) is 70.5 Å². The van der Waals surface area contributed by atoms with Gasteiger partial charge in [-0.3, -0.25) is 9.59 Å². The van der Waals surface area contributed by atoms with E-state index < -0.39 is 29.5 Å². The lowest BCUT2D eigenvalue weighted by atomic mass is 9.98. The van der Waals surface area contributed by atoms with Crippen LogP contribution in [0.1, 0.15) is 28.9 Å². The van der Waals surface area contributed by atoms with Gasteiger partial charge in [0.15, 0.2) is 0 Å². The van der Waals surface area contributed by atoms with Crippen molar-refractivity contribution in [3.05, 3.63) is 40.9 Å². The molecule has 1 amide bonds. The maximum Gasteiger partial charge on any atom is 0.416 e. The predicted octanol–water partition coefficient (Wildman–Crippen LogP) is 3.77. The molecule has 0 aliphatic carbocycles. The van der Waals surface area contributed by atoms with Crippen molar-refractivity contribution < 1.29 is 27.9 Å². The van der Waals surface area contributed by atoms with Gasteiger partial charge in [-0.2, -0.15) is 13.2 Å². The molecule has 1 aliphatic heterocycles. The van der Waals surface area contributed by atoms with Crippen LogP contribution in [0.3, 0.4) is 0 Å². The average molecular weight is 384 g/mol. The predicted molar refractivity (Wildman–Crippen MR) is 88.8 cm³/mol. The molecule has 0 spiro atoms. The Labute approximate surface area is 151 Å². The van der Waals surface area contributed by atoms with E-state index >= 15 is 0 Å². The number of aromatic nitrogens is 1. The molecule has 1 N–H and O–H groups in total. The van der Waals surface area contributed by atoms with Crippen LogP contribution in [0.2, 0.25) is 0 Å². The Bertz CT molecular complexity index is 835. The molecule has 1 aromatic carbocycles. The normalized spacial score (nSPS) is 18.0. The van der Waals surface area contributed by atoms with Crippen LogP contribution < -0.4 is 0 Å². The molecule has 2 aromatic rings. The highest BCUT2D eigenvalue weighted by atomic mass is 32.1. The van der Waals surface area contributed by atoms with Gasteiger partial charge < -0.3 is 10.0 Å². The zero-order valence-corrected chi connectivity index (χ0v) is 14.3. The van der Waals surface area contributed by atoms with Crippen molar-refractivity contribution in [1.82, 2.24) is 9.88 Å². The molecular formula is C17H15F3N2O3S. The number of likely N-dealkylation sites (tertiary alicyclic amines) is 1. The maximum absolute atomic E-state index is 12.8. The van der Waals surface area contributed by atoms with Crippen LogP contribution in [-0.2, 0) is 11.0 Å². The Hall–Kier alpha value is -2.42. The maximum atomic E-state index is 12.8. The summed E-state index contributed by atoms with van der Waals surface area (Å²) in [6.45, 7) is 0.559. The van der Waals surface area contributed by atoms with Crippen molar-refractivity contribution in [3.8, 4) is 10.6 Å². The van der Waals surface area contributed by atoms with E-state index in [4.69, 9.17) is 5.11 Å². The van der Waals surface area contributed by atoms with Crippen molar-refractivity contribution in [2.45, 2.75) is 19.0 Å². The van der Waals surface area contributed by atoms with Crippen molar-refractivity contribution in [1.29, 1.82) is 0 Å². The number of carbonyl (C=O) groups is 2. The van der Waals surface area contributed by atoms with Crippen molar-refractivity contribution in [3.63, 3.8) is 0 Å². The van der Waals surface area contributed by atoms with Gasteiger partial charge in [0.05, 0.1) is 11.5 Å². The highest BCUT2D eigenvalue weighted by Gasteiger charge is 2.31. The Morgan fingerprint density at radius 3 is 2.77 bits per heavy atom. The lowest BCUT2D eigenvalue weighted by molar-refractivity contribution is -0.143. The number of halogens is 3. The van der Waals surface area contributed by atoms with Crippen LogP contribution in [-0.4, -0.2) is 40.0 Å². The Morgan fingerprint density at radius 1 is 1.31 bits per heavy atom. The Morgan fingerprint density at radius 2 is 2.08 bits per heavy atom. The first-order chi connectivity index (χ1) is 12.3. The summed E-state index contributed by atoms with van der Waals surface area (Å²) in [4.78, 5) is 29.3. The van der Waals surface area contributed by atoms with Crippen LogP contribution in [0.5, 0.6) is 0 Å². The van der Waals surface area contributed by atoms with Gasteiger partial charge in [-0.05, 0) is 25.0 Å². The Balaban J connectivity index is 1.80. The zero-order chi connectivity index (χ0) is 18.9. The highest BCUT2D eigenvalue weighted by molar-refractivity contribution is 7.13. The second-order valence-electron chi connectivity index (χ2n) is 6.05. The van der Waals surface area contributed by atoms with E-state index in [2.05, 4.69) is 4.98 Å². The molecule has 1 saturated heterocycles. The summed E-state index contributed by atoms with van der Waals surface area (Å²) in [5.41, 5.74) is -0.377. The van der Waals surface area contributed by atoms with Gasteiger partial charge in [0.2, 0.25) is 0 Å². The minimum absolute atomic E-state index is 0.116. The summed E-state index contributed by atoms with van der Waals surface area (Å²) in [5, 5.41) is 10.9. The van der Waals surface area contributed by atoms with E-state index in [9.17, 15) is 22.8 Å². The first-order valence-corrected chi connectivity index (χ1v) is 8.79. The standard InChI is InChI=1S/C17H15F3N2O3S/c18-17(19,20)12-5-1-3-10(7-12)14-21-13(9-26-14)15(23)22-6-2-4-11(8-22)16(24)25/h1,3,5,7,9,11H,2,4,6,8H2,(H,24,25)/t11-/m0/s1. The number of carboxylic acids is 1. The molecule has 3 rings (SSSR count). The molecular weight excluding hydrogens is 369 g/mol. The van der Waals surface area contributed by atoms with Crippen LogP contribution in [0.15, 0.2) is 29.6 Å². The van der Waals surface area contributed by atoms with E-state index in [-0.39, 0.29) is 17.8 Å². The van der Waals surface area contributed by atoms with Gasteiger partial charge in [0.1, 0.15) is 10.7 Å². The molecule has 26 heavy (non-hydrogen) atoms. The quantitative estimate of drug-likeness (QED) is 0.875. The van der Waals surface area contributed by atoms with Crippen LogP contribution >= 0.6 is 11.3 Å². The second kappa shape index (κ2) is 7.06. The second-order valence-corrected chi connectivity index (χ2v) is 6.90. The lowest BCUT2D eigenvalue weighted by Gasteiger charge is -2.30. The van der Waals surface area contributed by atoms with Crippen LogP contribution in [0.4, 0.5) is 13.2 Å². The molecule has 0 radical (unpaired) electrons. The van der Waals surface area contributed by atoms with Gasteiger partial charge in [-0.15, -0.1) is 11.3 Å². The van der Waals surface area contributed by atoms with Crippen LogP contribution in [0, 0.1) is 5.92 Å². The van der Waals surface area contributed by atoms with E-state index in [1.807, 2.05) is 0 Å². The Kier molecular flexibility index (Phi) is 4.99.